The number of benzene rings is 1. The van der Waals surface area contributed by atoms with Gasteiger partial charge in [0.05, 0.1) is 7.11 Å². The van der Waals surface area contributed by atoms with Crippen molar-refractivity contribution in [3.63, 3.8) is 0 Å². The highest BCUT2D eigenvalue weighted by Crippen LogP contribution is 2.22. The van der Waals surface area contributed by atoms with Crippen molar-refractivity contribution in [3.8, 4) is 0 Å². The van der Waals surface area contributed by atoms with E-state index in [-0.39, 0.29) is 11.2 Å². The molecule has 0 radical (unpaired) electrons. The van der Waals surface area contributed by atoms with Crippen molar-refractivity contribution >= 4 is 17.1 Å². The Morgan fingerprint density at radius 2 is 1.83 bits per heavy atom. The molecule has 1 aromatic rings. The molecule has 0 spiro atoms. The third-order valence-electron chi connectivity index (χ3n) is 2.65. The average molecular weight is 268 g/mol. The van der Waals surface area contributed by atoms with Crippen LogP contribution in [0.3, 0.4) is 0 Å². The molecule has 1 unspecified atom stereocenters. The Morgan fingerprint density at radius 3 is 2.28 bits per heavy atom. The first-order valence-electron chi connectivity index (χ1n) is 5.84. The zero-order valence-electron chi connectivity index (χ0n) is 11.4. The summed E-state index contributed by atoms with van der Waals surface area (Å²) in [6.07, 6.45) is 0. The minimum Gasteiger partial charge on any atom is -0.616 e. The molecule has 0 saturated heterocycles. The first kappa shape index (κ1) is 15.1. The molecular formula is C14H20O3S. The summed E-state index contributed by atoms with van der Waals surface area (Å²) in [5.74, 6) is -0.0866. The van der Waals surface area contributed by atoms with E-state index in [2.05, 4.69) is 25.5 Å². The number of hydrogen-bond acceptors (Lipinski definition) is 3. The molecule has 1 rings (SSSR count). The number of methoxy groups -OCH3 is 1. The number of carbonyl (C=O) groups excluding carboxylic acids is 1. The minimum atomic E-state index is -1.20. The summed E-state index contributed by atoms with van der Waals surface area (Å²) in [5, 5.41) is 0. The third kappa shape index (κ3) is 4.70. The van der Waals surface area contributed by atoms with Crippen LogP contribution in [0.4, 0.5) is 0 Å². The molecule has 1 aromatic carbocycles. The van der Waals surface area contributed by atoms with Gasteiger partial charge < -0.3 is 9.29 Å². The zero-order chi connectivity index (χ0) is 13.8. The van der Waals surface area contributed by atoms with E-state index in [4.69, 9.17) is 0 Å². The van der Waals surface area contributed by atoms with Gasteiger partial charge in [-0.2, -0.15) is 0 Å². The molecule has 0 amide bonds. The molecule has 18 heavy (non-hydrogen) atoms. The van der Waals surface area contributed by atoms with E-state index >= 15 is 0 Å². The van der Waals surface area contributed by atoms with Crippen molar-refractivity contribution in [1.82, 2.24) is 0 Å². The van der Waals surface area contributed by atoms with Gasteiger partial charge in [0.1, 0.15) is 5.75 Å². The SMILES string of the molecule is COC(=O)C[S+]([O-])Cc1ccc(C(C)(C)C)cc1. The quantitative estimate of drug-likeness (QED) is 0.622. The van der Waals surface area contributed by atoms with E-state index < -0.39 is 17.1 Å². The highest BCUT2D eigenvalue weighted by molar-refractivity contribution is 7.91. The molecule has 4 heteroatoms. The normalized spacial score (nSPS) is 13.2. The lowest BCUT2D eigenvalue weighted by Crippen LogP contribution is -2.19. The van der Waals surface area contributed by atoms with Gasteiger partial charge in [0.25, 0.3) is 0 Å². The predicted octanol–water partition coefficient (Wildman–Crippen LogP) is 2.41. The highest BCUT2D eigenvalue weighted by Gasteiger charge is 2.16. The highest BCUT2D eigenvalue weighted by atomic mass is 32.2. The van der Waals surface area contributed by atoms with Gasteiger partial charge in [-0.15, -0.1) is 0 Å². The Hall–Kier alpha value is -1.00. The fourth-order valence-electron chi connectivity index (χ4n) is 1.53. The van der Waals surface area contributed by atoms with E-state index in [0.29, 0.717) is 5.75 Å². The molecule has 0 bridgehead atoms. The van der Waals surface area contributed by atoms with Crippen molar-refractivity contribution in [3.05, 3.63) is 35.4 Å². The number of hydrogen-bond donors (Lipinski definition) is 0. The lowest BCUT2D eigenvalue weighted by Gasteiger charge is -2.19. The molecule has 0 aliphatic heterocycles. The Balaban J connectivity index is 2.61. The van der Waals surface area contributed by atoms with Crippen LogP contribution in [-0.2, 0) is 31.9 Å². The van der Waals surface area contributed by atoms with Crippen LogP contribution >= 0.6 is 0 Å². The molecule has 0 heterocycles. The van der Waals surface area contributed by atoms with Crippen LogP contribution < -0.4 is 0 Å². The maximum Gasteiger partial charge on any atom is 0.356 e. The molecular weight excluding hydrogens is 248 g/mol. The lowest BCUT2D eigenvalue weighted by molar-refractivity contribution is -0.137. The van der Waals surface area contributed by atoms with E-state index in [1.165, 1.54) is 12.7 Å². The fraction of sp³-hybridized carbons (Fsp3) is 0.500. The van der Waals surface area contributed by atoms with Gasteiger partial charge in [0.2, 0.25) is 5.75 Å². The smallest absolute Gasteiger partial charge is 0.356 e. The van der Waals surface area contributed by atoms with E-state index in [1.54, 1.807) is 0 Å². The Morgan fingerprint density at radius 1 is 1.28 bits per heavy atom. The van der Waals surface area contributed by atoms with Crippen molar-refractivity contribution in [2.75, 3.05) is 12.9 Å². The van der Waals surface area contributed by atoms with Crippen molar-refractivity contribution in [2.45, 2.75) is 31.9 Å². The summed E-state index contributed by atoms with van der Waals surface area (Å²) in [6, 6.07) is 8.03. The molecule has 100 valence electrons. The Kier molecular flexibility index (Phi) is 5.23. The van der Waals surface area contributed by atoms with Gasteiger partial charge in [0, 0.05) is 5.56 Å². The number of carbonyl (C=O) groups is 1. The molecule has 0 aliphatic carbocycles. The lowest BCUT2D eigenvalue weighted by atomic mass is 9.87. The minimum absolute atomic E-state index is 0.0441. The second-order valence-corrected chi connectivity index (χ2v) is 6.71. The Bertz CT molecular complexity index is 392. The fourth-order valence-corrected chi connectivity index (χ4v) is 2.58. The monoisotopic (exact) mass is 268 g/mol. The van der Waals surface area contributed by atoms with Crippen LogP contribution in [0, 0.1) is 0 Å². The second-order valence-electron chi connectivity index (χ2n) is 5.25. The number of rotatable bonds is 4. The average Bonchev–Trinajstić information content (AvgIpc) is 2.28. The van der Waals surface area contributed by atoms with Gasteiger partial charge in [0.15, 0.2) is 0 Å². The largest absolute Gasteiger partial charge is 0.616 e. The maximum absolute atomic E-state index is 11.7. The van der Waals surface area contributed by atoms with Crippen LogP contribution in [-0.4, -0.2) is 23.4 Å². The molecule has 1 atom stereocenters. The van der Waals surface area contributed by atoms with Crippen LogP contribution in [0.2, 0.25) is 0 Å². The van der Waals surface area contributed by atoms with Crippen LogP contribution in [0.15, 0.2) is 24.3 Å². The molecule has 0 N–H and O–H groups in total. The summed E-state index contributed by atoms with van der Waals surface area (Å²) in [6.45, 7) is 6.45. The van der Waals surface area contributed by atoms with Crippen molar-refractivity contribution < 1.29 is 14.1 Å². The zero-order valence-corrected chi connectivity index (χ0v) is 12.2. The molecule has 0 aliphatic rings. The first-order valence-corrected chi connectivity index (χ1v) is 7.33. The number of ether oxygens (including phenoxy) is 1. The number of esters is 1. The first-order chi connectivity index (χ1) is 8.32. The van der Waals surface area contributed by atoms with Gasteiger partial charge >= 0.3 is 5.97 Å². The molecule has 3 nitrogen and oxygen atoms in total. The van der Waals surface area contributed by atoms with Crippen LogP contribution in [0.5, 0.6) is 0 Å². The third-order valence-corrected chi connectivity index (χ3v) is 3.87. The second kappa shape index (κ2) is 6.25. The summed E-state index contributed by atoms with van der Waals surface area (Å²) in [5.41, 5.74) is 2.33. The molecule has 0 saturated carbocycles. The predicted molar refractivity (Wildman–Crippen MR) is 73.9 cm³/mol. The van der Waals surface area contributed by atoms with Gasteiger partial charge in [-0.1, -0.05) is 45.0 Å². The van der Waals surface area contributed by atoms with Crippen molar-refractivity contribution in [1.29, 1.82) is 0 Å². The Labute approximate surface area is 112 Å². The van der Waals surface area contributed by atoms with E-state index in [9.17, 15) is 9.35 Å². The standard InChI is InChI=1S/C14H20O3S/c1-14(2,3)12-7-5-11(6-8-12)9-18(16)10-13(15)17-4/h5-8H,9-10H2,1-4H3. The summed E-state index contributed by atoms with van der Waals surface area (Å²) in [4.78, 5) is 11.0. The van der Waals surface area contributed by atoms with Gasteiger partial charge in [-0.3, -0.25) is 0 Å². The van der Waals surface area contributed by atoms with Crippen molar-refractivity contribution in [2.24, 2.45) is 0 Å². The van der Waals surface area contributed by atoms with E-state index in [1.807, 2.05) is 24.3 Å². The van der Waals surface area contributed by atoms with Gasteiger partial charge in [-0.25, -0.2) is 4.79 Å². The maximum atomic E-state index is 11.7. The van der Waals surface area contributed by atoms with Crippen LogP contribution in [0.25, 0.3) is 0 Å². The van der Waals surface area contributed by atoms with Crippen LogP contribution in [0.1, 0.15) is 31.9 Å². The molecule has 0 fully saturated rings. The van der Waals surface area contributed by atoms with E-state index in [0.717, 1.165) is 5.56 Å². The summed E-state index contributed by atoms with van der Waals surface area (Å²) in [7, 11) is 1.30. The summed E-state index contributed by atoms with van der Waals surface area (Å²) >= 11 is -1.20. The van der Waals surface area contributed by atoms with Gasteiger partial charge in [-0.05, 0) is 22.2 Å². The molecule has 0 aromatic heterocycles. The summed E-state index contributed by atoms with van der Waals surface area (Å²) < 4.78 is 16.2. The topological polar surface area (TPSA) is 49.4 Å².